The molecule has 1 heterocycles. The summed E-state index contributed by atoms with van der Waals surface area (Å²) < 4.78 is 5.45. The largest absolute Gasteiger partial charge is 0.496 e. The first-order chi connectivity index (χ1) is 13.6. The van der Waals surface area contributed by atoms with Crippen LogP contribution in [0.4, 0.5) is 0 Å². The SMILES string of the molecule is COc1ccccc1C1(C(=O)NCc2ccc(C(O)c3ccccc3)s2)CC1. The van der Waals surface area contributed by atoms with E-state index in [1.54, 1.807) is 7.11 Å². The summed E-state index contributed by atoms with van der Waals surface area (Å²) in [7, 11) is 1.64. The number of benzene rings is 2. The number of nitrogens with one attached hydrogen (secondary N) is 1. The molecule has 1 aromatic heterocycles. The van der Waals surface area contributed by atoms with Gasteiger partial charge in [0.2, 0.25) is 5.91 Å². The van der Waals surface area contributed by atoms with Gasteiger partial charge < -0.3 is 15.2 Å². The fourth-order valence-electron chi connectivity index (χ4n) is 3.56. The van der Waals surface area contributed by atoms with Crippen molar-refractivity contribution in [2.75, 3.05) is 7.11 Å². The number of rotatable bonds is 7. The molecule has 5 heteroatoms. The minimum atomic E-state index is -0.640. The van der Waals surface area contributed by atoms with Crippen LogP contribution in [0.2, 0.25) is 0 Å². The second-order valence-corrected chi connectivity index (χ2v) is 8.28. The van der Waals surface area contributed by atoms with E-state index in [0.717, 1.165) is 39.5 Å². The summed E-state index contributed by atoms with van der Waals surface area (Å²) in [6.07, 6.45) is 1.03. The zero-order chi connectivity index (χ0) is 19.6. The quantitative estimate of drug-likeness (QED) is 0.633. The van der Waals surface area contributed by atoms with Gasteiger partial charge in [-0.25, -0.2) is 0 Å². The fraction of sp³-hybridized carbons (Fsp3) is 0.261. The van der Waals surface area contributed by atoms with Crippen molar-refractivity contribution in [2.45, 2.75) is 30.9 Å². The van der Waals surface area contributed by atoms with Crippen molar-refractivity contribution in [2.24, 2.45) is 0 Å². The van der Waals surface area contributed by atoms with Gasteiger partial charge in [0.05, 0.1) is 19.1 Å². The van der Waals surface area contributed by atoms with E-state index in [9.17, 15) is 9.90 Å². The maximum Gasteiger partial charge on any atom is 0.231 e. The van der Waals surface area contributed by atoms with Crippen LogP contribution in [-0.2, 0) is 16.8 Å². The molecule has 0 aliphatic heterocycles. The third-order valence-corrected chi connectivity index (χ3v) is 6.44. The van der Waals surface area contributed by atoms with Gasteiger partial charge in [-0.15, -0.1) is 11.3 Å². The zero-order valence-corrected chi connectivity index (χ0v) is 16.5. The van der Waals surface area contributed by atoms with Crippen LogP contribution in [0.15, 0.2) is 66.7 Å². The average Bonchev–Trinajstić information content (AvgIpc) is 3.43. The number of thiophene rings is 1. The Labute approximate surface area is 168 Å². The highest BCUT2D eigenvalue weighted by atomic mass is 32.1. The lowest BCUT2D eigenvalue weighted by molar-refractivity contribution is -0.123. The molecule has 0 bridgehead atoms. The Balaban J connectivity index is 1.43. The predicted octanol–water partition coefficient (Wildman–Crippen LogP) is 4.19. The first kappa shape index (κ1) is 18.7. The first-order valence-electron chi connectivity index (χ1n) is 9.37. The molecule has 4 rings (SSSR count). The molecule has 0 saturated heterocycles. The third kappa shape index (κ3) is 3.55. The molecule has 28 heavy (non-hydrogen) atoms. The van der Waals surface area contributed by atoms with Gasteiger partial charge >= 0.3 is 0 Å². The zero-order valence-electron chi connectivity index (χ0n) is 15.7. The summed E-state index contributed by atoms with van der Waals surface area (Å²) in [6.45, 7) is 0.460. The Morgan fingerprint density at radius 2 is 1.82 bits per heavy atom. The Hall–Kier alpha value is -2.63. The molecule has 2 N–H and O–H groups in total. The Morgan fingerprint density at radius 3 is 2.54 bits per heavy atom. The van der Waals surface area contributed by atoms with E-state index in [1.165, 1.54) is 11.3 Å². The van der Waals surface area contributed by atoms with Gasteiger partial charge in [-0.05, 0) is 36.6 Å². The highest BCUT2D eigenvalue weighted by Crippen LogP contribution is 2.51. The average molecular weight is 394 g/mol. The van der Waals surface area contributed by atoms with Crippen LogP contribution in [0.5, 0.6) is 5.75 Å². The van der Waals surface area contributed by atoms with Gasteiger partial charge in [-0.2, -0.15) is 0 Å². The van der Waals surface area contributed by atoms with Crippen LogP contribution in [0.25, 0.3) is 0 Å². The summed E-state index contributed by atoms with van der Waals surface area (Å²) in [5.74, 6) is 0.801. The fourth-order valence-corrected chi connectivity index (χ4v) is 4.52. The minimum Gasteiger partial charge on any atom is -0.496 e. The number of methoxy groups -OCH3 is 1. The van der Waals surface area contributed by atoms with Crippen LogP contribution < -0.4 is 10.1 Å². The molecule has 1 unspecified atom stereocenters. The topological polar surface area (TPSA) is 58.6 Å². The van der Waals surface area contributed by atoms with Crippen molar-refractivity contribution in [3.8, 4) is 5.75 Å². The number of carbonyl (C=O) groups is 1. The van der Waals surface area contributed by atoms with Gasteiger partial charge in [0, 0.05) is 15.3 Å². The number of aliphatic hydroxyl groups is 1. The van der Waals surface area contributed by atoms with Crippen molar-refractivity contribution in [1.29, 1.82) is 0 Å². The first-order valence-corrected chi connectivity index (χ1v) is 10.2. The van der Waals surface area contributed by atoms with Crippen LogP contribution in [0, 0.1) is 0 Å². The number of hydrogen-bond donors (Lipinski definition) is 2. The van der Waals surface area contributed by atoms with Crippen molar-refractivity contribution in [3.63, 3.8) is 0 Å². The lowest BCUT2D eigenvalue weighted by atomic mass is 9.94. The second-order valence-electron chi connectivity index (χ2n) is 7.08. The van der Waals surface area contributed by atoms with Crippen LogP contribution in [0.3, 0.4) is 0 Å². The van der Waals surface area contributed by atoms with E-state index in [-0.39, 0.29) is 5.91 Å². The third-order valence-electron chi connectivity index (χ3n) is 5.30. The van der Waals surface area contributed by atoms with Crippen molar-refractivity contribution in [3.05, 3.63) is 87.6 Å². The summed E-state index contributed by atoms with van der Waals surface area (Å²) in [6, 6.07) is 21.2. The molecule has 3 aromatic rings. The van der Waals surface area contributed by atoms with E-state index in [1.807, 2.05) is 66.7 Å². The normalized spacial score (nSPS) is 15.6. The molecular weight excluding hydrogens is 370 g/mol. The van der Waals surface area contributed by atoms with Crippen molar-refractivity contribution in [1.82, 2.24) is 5.32 Å². The lowest BCUT2D eigenvalue weighted by Gasteiger charge is -2.18. The smallest absolute Gasteiger partial charge is 0.231 e. The van der Waals surface area contributed by atoms with Gasteiger partial charge in [0.15, 0.2) is 0 Å². The van der Waals surface area contributed by atoms with E-state index < -0.39 is 11.5 Å². The lowest BCUT2D eigenvalue weighted by Crippen LogP contribution is -2.34. The van der Waals surface area contributed by atoms with Crippen molar-refractivity contribution >= 4 is 17.2 Å². The summed E-state index contributed by atoms with van der Waals surface area (Å²) in [5, 5.41) is 13.6. The van der Waals surface area contributed by atoms with Gasteiger partial charge in [-0.3, -0.25) is 4.79 Å². The molecule has 2 aromatic carbocycles. The molecule has 144 valence electrons. The van der Waals surface area contributed by atoms with Gasteiger partial charge in [0.1, 0.15) is 11.9 Å². The van der Waals surface area contributed by atoms with E-state index >= 15 is 0 Å². The highest BCUT2D eigenvalue weighted by molar-refractivity contribution is 7.12. The number of ether oxygens (including phenoxy) is 1. The maximum absolute atomic E-state index is 12.9. The molecule has 1 aliphatic carbocycles. The Kier molecular flexibility index (Phi) is 5.20. The van der Waals surface area contributed by atoms with Crippen LogP contribution in [0.1, 0.15) is 39.8 Å². The Bertz CT molecular complexity index is 963. The van der Waals surface area contributed by atoms with Crippen molar-refractivity contribution < 1.29 is 14.6 Å². The number of hydrogen-bond acceptors (Lipinski definition) is 4. The summed E-state index contributed by atoms with van der Waals surface area (Å²) in [4.78, 5) is 14.8. The van der Waals surface area contributed by atoms with Crippen LogP contribution >= 0.6 is 11.3 Å². The summed E-state index contributed by atoms with van der Waals surface area (Å²) in [5.41, 5.74) is 1.35. The summed E-state index contributed by atoms with van der Waals surface area (Å²) >= 11 is 1.52. The number of carbonyl (C=O) groups excluding carboxylic acids is 1. The second kappa shape index (κ2) is 7.78. The predicted molar refractivity (Wildman–Crippen MR) is 111 cm³/mol. The number of para-hydroxylation sites is 1. The number of amides is 1. The van der Waals surface area contributed by atoms with E-state index in [2.05, 4.69) is 5.32 Å². The van der Waals surface area contributed by atoms with Crippen LogP contribution in [-0.4, -0.2) is 18.1 Å². The molecule has 0 spiro atoms. The molecule has 1 aliphatic rings. The molecule has 1 amide bonds. The van der Waals surface area contributed by atoms with Gasteiger partial charge in [0.25, 0.3) is 0 Å². The highest BCUT2D eigenvalue weighted by Gasteiger charge is 2.52. The maximum atomic E-state index is 12.9. The molecule has 4 nitrogen and oxygen atoms in total. The molecular formula is C23H23NO3S. The van der Waals surface area contributed by atoms with E-state index in [0.29, 0.717) is 6.54 Å². The molecule has 0 radical (unpaired) electrons. The molecule has 1 atom stereocenters. The Morgan fingerprint density at radius 1 is 1.11 bits per heavy atom. The molecule has 1 saturated carbocycles. The monoisotopic (exact) mass is 393 g/mol. The minimum absolute atomic E-state index is 0.0376. The standard InChI is InChI=1S/C23H23NO3S/c1-27-19-10-6-5-9-18(19)23(13-14-23)22(26)24-15-17-11-12-20(28-17)21(25)16-7-3-2-4-8-16/h2-12,21,25H,13-15H2,1H3,(H,24,26). The van der Waals surface area contributed by atoms with Gasteiger partial charge in [-0.1, -0.05) is 48.5 Å². The molecule has 1 fully saturated rings. The number of aliphatic hydroxyl groups excluding tert-OH is 1. The van der Waals surface area contributed by atoms with E-state index in [4.69, 9.17) is 4.74 Å².